The fraction of sp³-hybridized carbons (Fsp3) is 0.556. The summed E-state index contributed by atoms with van der Waals surface area (Å²) in [5.74, 6) is 2.83. The summed E-state index contributed by atoms with van der Waals surface area (Å²) in [5, 5.41) is 0. The van der Waals surface area contributed by atoms with E-state index in [0.29, 0.717) is 6.10 Å². The van der Waals surface area contributed by atoms with Gasteiger partial charge in [0.2, 0.25) is 0 Å². The van der Waals surface area contributed by atoms with E-state index < -0.39 is 0 Å². The Hall–Kier alpha value is -1.72. The van der Waals surface area contributed by atoms with Crippen molar-refractivity contribution in [1.29, 1.82) is 0 Å². The zero-order valence-corrected chi connectivity index (χ0v) is 14.0. The Morgan fingerprint density at radius 3 is 2.65 bits per heavy atom. The second-order valence-corrected chi connectivity index (χ2v) is 6.18. The summed E-state index contributed by atoms with van der Waals surface area (Å²) in [6, 6.07) is 4.06. The first kappa shape index (κ1) is 16.1. The van der Waals surface area contributed by atoms with Gasteiger partial charge in [0.05, 0.1) is 12.6 Å². The number of hydrogen-bond acceptors (Lipinski definition) is 5. The molecular formula is C18H25N3O2. The maximum atomic E-state index is 5.80. The second-order valence-electron chi connectivity index (χ2n) is 6.18. The Labute approximate surface area is 137 Å². The highest BCUT2D eigenvalue weighted by Gasteiger charge is 2.20. The Kier molecular flexibility index (Phi) is 5.41. The molecule has 2 aromatic heterocycles. The van der Waals surface area contributed by atoms with E-state index in [1.54, 1.807) is 0 Å². The molecule has 1 fully saturated rings. The molecule has 2 aromatic rings. The monoisotopic (exact) mass is 315 g/mol. The molecule has 0 amide bonds. The summed E-state index contributed by atoms with van der Waals surface area (Å²) in [4.78, 5) is 11.2. The maximum Gasteiger partial charge on any atom is 0.127 e. The molecule has 0 unspecified atom stereocenters. The molecule has 1 saturated heterocycles. The first-order valence-electron chi connectivity index (χ1n) is 8.42. The van der Waals surface area contributed by atoms with Crippen LogP contribution in [0.15, 0.2) is 28.9 Å². The molecule has 1 aliphatic heterocycles. The SMILES string of the molecule is CCc1ncc(CN(Cc2ccc(C)o2)C[C@@H]2CCCO2)cn1. The zero-order valence-electron chi connectivity index (χ0n) is 14.0. The van der Waals surface area contributed by atoms with Gasteiger partial charge in [-0.05, 0) is 31.9 Å². The fourth-order valence-corrected chi connectivity index (χ4v) is 2.96. The van der Waals surface area contributed by atoms with Crippen LogP contribution in [0.25, 0.3) is 0 Å². The lowest BCUT2D eigenvalue weighted by Gasteiger charge is -2.24. The van der Waals surface area contributed by atoms with Crippen LogP contribution in [0.2, 0.25) is 0 Å². The topological polar surface area (TPSA) is 51.4 Å². The van der Waals surface area contributed by atoms with Gasteiger partial charge in [-0.25, -0.2) is 9.97 Å². The number of nitrogens with zero attached hydrogens (tertiary/aromatic N) is 3. The maximum absolute atomic E-state index is 5.80. The molecule has 5 heteroatoms. The van der Waals surface area contributed by atoms with Crippen molar-refractivity contribution in [3.8, 4) is 0 Å². The van der Waals surface area contributed by atoms with Gasteiger partial charge < -0.3 is 9.15 Å². The molecule has 0 saturated carbocycles. The minimum Gasteiger partial charge on any atom is -0.465 e. The predicted octanol–water partition coefficient (Wildman–Crippen LogP) is 3.12. The van der Waals surface area contributed by atoms with Crippen LogP contribution in [0.4, 0.5) is 0 Å². The van der Waals surface area contributed by atoms with Crippen molar-refractivity contribution in [1.82, 2.24) is 14.9 Å². The zero-order chi connectivity index (χ0) is 16.1. The molecule has 0 radical (unpaired) electrons. The summed E-state index contributed by atoms with van der Waals surface area (Å²) in [6.07, 6.45) is 7.35. The van der Waals surface area contributed by atoms with E-state index in [2.05, 4.69) is 27.9 Å². The second kappa shape index (κ2) is 7.70. The molecule has 5 nitrogen and oxygen atoms in total. The molecule has 23 heavy (non-hydrogen) atoms. The molecule has 1 aliphatic rings. The number of rotatable bonds is 7. The van der Waals surface area contributed by atoms with E-state index in [0.717, 1.165) is 68.4 Å². The minimum atomic E-state index is 0.321. The van der Waals surface area contributed by atoms with E-state index >= 15 is 0 Å². The van der Waals surface area contributed by atoms with Gasteiger partial charge in [0.1, 0.15) is 17.3 Å². The van der Waals surface area contributed by atoms with Gasteiger partial charge in [0.15, 0.2) is 0 Å². The van der Waals surface area contributed by atoms with Crippen molar-refractivity contribution in [3.05, 3.63) is 47.4 Å². The predicted molar refractivity (Wildman–Crippen MR) is 87.9 cm³/mol. The Morgan fingerprint density at radius 1 is 1.22 bits per heavy atom. The average Bonchev–Trinajstić information content (AvgIpc) is 3.20. The number of hydrogen-bond donors (Lipinski definition) is 0. The molecule has 0 bridgehead atoms. The normalized spacial score (nSPS) is 18.0. The van der Waals surface area contributed by atoms with Crippen molar-refractivity contribution in [3.63, 3.8) is 0 Å². The van der Waals surface area contributed by atoms with E-state index in [-0.39, 0.29) is 0 Å². The van der Waals surface area contributed by atoms with Crippen LogP contribution in [-0.4, -0.2) is 34.1 Å². The summed E-state index contributed by atoms with van der Waals surface area (Å²) in [6.45, 7) is 7.43. The van der Waals surface area contributed by atoms with Crippen LogP contribution in [0.5, 0.6) is 0 Å². The third-order valence-electron chi connectivity index (χ3n) is 4.14. The van der Waals surface area contributed by atoms with Crippen LogP contribution in [0.1, 0.15) is 42.7 Å². The van der Waals surface area contributed by atoms with Crippen molar-refractivity contribution in [2.24, 2.45) is 0 Å². The van der Waals surface area contributed by atoms with Gasteiger partial charge in [-0.3, -0.25) is 4.90 Å². The van der Waals surface area contributed by atoms with Crippen molar-refractivity contribution in [2.45, 2.75) is 52.3 Å². The summed E-state index contributed by atoms with van der Waals surface area (Å²) in [7, 11) is 0. The van der Waals surface area contributed by atoms with Crippen LogP contribution < -0.4 is 0 Å². The van der Waals surface area contributed by atoms with E-state index in [1.165, 1.54) is 0 Å². The quantitative estimate of drug-likeness (QED) is 0.786. The van der Waals surface area contributed by atoms with Gasteiger partial charge in [-0.1, -0.05) is 6.92 Å². The third kappa shape index (κ3) is 4.62. The highest BCUT2D eigenvalue weighted by atomic mass is 16.5. The van der Waals surface area contributed by atoms with Crippen molar-refractivity contribution in [2.75, 3.05) is 13.2 Å². The van der Waals surface area contributed by atoms with Gasteiger partial charge in [0.25, 0.3) is 0 Å². The van der Waals surface area contributed by atoms with Crippen LogP contribution in [-0.2, 0) is 24.2 Å². The Morgan fingerprint density at radius 2 is 2.04 bits per heavy atom. The first-order chi connectivity index (χ1) is 11.2. The van der Waals surface area contributed by atoms with Crippen molar-refractivity contribution < 1.29 is 9.15 Å². The minimum absolute atomic E-state index is 0.321. The lowest BCUT2D eigenvalue weighted by Crippen LogP contribution is -2.31. The summed E-state index contributed by atoms with van der Waals surface area (Å²) in [5.41, 5.74) is 1.13. The molecular weight excluding hydrogens is 290 g/mol. The Bertz CT molecular complexity index is 603. The van der Waals surface area contributed by atoms with Gasteiger partial charge in [-0.15, -0.1) is 0 Å². The lowest BCUT2D eigenvalue weighted by atomic mass is 10.2. The average molecular weight is 315 g/mol. The van der Waals surface area contributed by atoms with E-state index in [9.17, 15) is 0 Å². The van der Waals surface area contributed by atoms with E-state index in [4.69, 9.17) is 9.15 Å². The van der Waals surface area contributed by atoms with Crippen molar-refractivity contribution >= 4 is 0 Å². The van der Waals surface area contributed by atoms with Crippen LogP contribution in [0, 0.1) is 6.92 Å². The van der Waals surface area contributed by atoms with Gasteiger partial charge in [0, 0.05) is 44.1 Å². The van der Waals surface area contributed by atoms with Gasteiger partial charge >= 0.3 is 0 Å². The largest absolute Gasteiger partial charge is 0.465 e. The molecule has 0 aliphatic carbocycles. The lowest BCUT2D eigenvalue weighted by molar-refractivity contribution is 0.0653. The summed E-state index contributed by atoms with van der Waals surface area (Å²) >= 11 is 0. The smallest absolute Gasteiger partial charge is 0.127 e. The number of ether oxygens (including phenoxy) is 1. The Balaban J connectivity index is 1.67. The molecule has 0 aromatic carbocycles. The molecule has 3 rings (SSSR count). The van der Waals surface area contributed by atoms with Crippen LogP contribution in [0.3, 0.4) is 0 Å². The van der Waals surface area contributed by atoms with Gasteiger partial charge in [-0.2, -0.15) is 0 Å². The fourth-order valence-electron chi connectivity index (χ4n) is 2.96. The highest BCUT2D eigenvalue weighted by Crippen LogP contribution is 2.18. The van der Waals surface area contributed by atoms with E-state index in [1.807, 2.05) is 25.4 Å². The third-order valence-corrected chi connectivity index (χ3v) is 4.14. The highest BCUT2D eigenvalue weighted by molar-refractivity contribution is 5.08. The first-order valence-corrected chi connectivity index (χ1v) is 8.42. The summed E-state index contributed by atoms with van der Waals surface area (Å²) < 4.78 is 11.5. The molecule has 124 valence electrons. The number of furan rings is 1. The molecule has 0 N–H and O–H groups in total. The number of aryl methyl sites for hydroxylation is 2. The molecule has 0 spiro atoms. The molecule has 1 atom stereocenters. The number of aromatic nitrogens is 2. The molecule has 3 heterocycles. The standard InChI is InChI=1S/C18H25N3O2/c1-3-18-19-9-15(10-20-18)11-21(12-16-5-4-8-22-16)13-17-7-6-14(2)23-17/h6-7,9-10,16H,3-5,8,11-13H2,1-2H3/t16-/m0/s1. The van der Waals surface area contributed by atoms with Crippen LogP contribution >= 0.6 is 0 Å².